The van der Waals surface area contributed by atoms with Crippen molar-refractivity contribution in [3.63, 3.8) is 0 Å². The summed E-state index contributed by atoms with van der Waals surface area (Å²) in [5, 5.41) is 9.33. The van der Waals surface area contributed by atoms with E-state index in [9.17, 15) is 5.11 Å². The molecule has 0 atom stereocenters. The average molecular weight is 194 g/mol. The van der Waals surface area contributed by atoms with Crippen LogP contribution in [0.4, 0.5) is 5.69 Å². The molecule has 14 heavy (non-hydrogen) atoms. The second kappa shape index (κ2) is 5.50. The van der Waals surface area contributed by atoms with Crippen LogP contribution in [0, 0.1) is 0 Å². The monoisotopic (exact) mass is 194 g/mol. The molecule has 0 aliphatic carbocycles. The van der Waals surface area contributed by atoms with Crippen LogP contribution in [-0.4, -0.2) is 24.7 Å². The maximum Gasteiger partial charge on any atom is 0.117 e. The highest BCUT2D eigenvalue weighted by molar-refractivity contribution is 5.50. The van der Waals surface area contributed by atoms with Gasteiger partial charge in [0.25, 0.3) is 0 Å². The molecule has 78 valence electrons. The Labute approximate surface area is 85.2 Å². The molecule has 0 radical (unpaired) electrons. The summed E-state index contributed by atoms with van der Waals surface area (Å²) in [7, 11) is 0. The maximum absolute atomic E-state index is 9.33. The van der Waals surface area contributed by atoms with E-state index in [1.165, 1.54) is 0 Å². The lowest BCUT2D eigenvalue weighted by Crippen LogP contribution is -2.25. The fraction of sp³-hybridized carbons (Fsp3) is 0.455. The third-order valence-corrected chi connectivity index (χ3v) is 2.21. The highest BCUT2D eigenvalue weighted by Crippen LogP contribution is 2.19. The van der Waals surface area contributed by atoms with Gasteiger partial charge in [-0.2, -0.15) is 0 Å². The maximum atomic E-state index is 9.33. The molecule has 0 saturated carbocycles. The largest absolute Gasteiger partial charge is 0.508 e. The molecule has 3 nitrogen and oxygen atoms in total. The van der Waals surface area contributed by atoms with Crippen LogP contribution >= 0.6 is 0 Å². The fourth-order valence-corrected chi connectivity index (χ4v) is 1.44. The van der Waals surface area contributed by atoms with Gasteiger partial charge in [-0.3, -0.25) is 0 Å². The van der Waals surface area contributed by atoms with Crippen molar-refractivity contribution in [1.29, 1.82) is 0 Å². The van der Waals surface area contributed by atoms with Crippen molar-refractivity contribution in [2.45, 2.75) is 13.3 Å². The number of nitrogens with two attached hydrogens (primary N) is 1. The number of phenols is 1. The minimum Gasteiger partial charge on any atom is -0.508 e. The summed E-state index contributed by atoms with van der Waals surface area (Å²) in [5.74, 6) is 0.314. The van der Waals surface area contributed by atoms with Gasteiger partial charge >= 0.3 is 0 Å². The summed E-state index contributed by atoms with van der Waals surface area (Å²) in [6, 6.07) is 7.32. The first kappa shape index (κ1) is 10.9. The Bertz CT molecular complexity index is 276. The quantitative estimate of drug-likeness (QED) is 0.748. The van der Waals surface area contributed by atoms with E-state index in [0.29, 0.717) is 12.3 Å². The molecule has 0 spiro atoms. The molecule has 0 amide bonds. The first-order chi connectivity index (χ1) is 6.77. The molecule has 3 heteroatoms. The van der Waals surface area contributed by atoms with Crippen LogP contribution in [0.1, 0.15) is 13.3 Å². The van der Waals surface area contributed by atoms with Gasteiger partial charge in [-0.25, -0.2) is 0 Å². The fourth-order valence-electron chi connectivity index (χ4n) is 1.44. The molecule has 0 fully saturated rings. The van der Waals surface area contributed by atoms with Gasteiger partial charge in [0.15, 0.2) is 0 Å². The first-order valence-corrected chi connectivity index (χ1v) is 5.02. The van der Waals surface area contributed by atoms with E-state index in [1.54, 1.807) is 12.1 Å². The third kappa shape index (κ3) is 2.92. The molecule has 1 aromatic rings. The van der Waals surface area contributed by atoms with E-state index in [0.717, 1.165) is 25.2 Å². The van der Waals surface area contributed by atoms with Crippen molar-refractivity contribution in [2.75, 3.05) is 24.5 Å². The van der Waals surface area contributed by atoms with Gasteiger partial charge in [-0.1, -0.05) is 6.07 Å². The predicted octanol–water partition coefficient (Wildman–Crippen LogP) is 1.57. The van der Waals surface area contributed by atoms with E-state index < -0.39 is 0 Å². The Kier molecular flexibility index (Phi) is 4.26. The number of anilines is 1. The Morgan fingerprint density at radius 3 is 2.79 bits per heavy atom. The highest BCUT2D eigenvalue weighted by atomic mass is 16.3. The van der Waals surface area contributed by atoms with E-state index in [-0.39, 0.29) is 0 Å². The van der Waals surface area contributed by atoms with Crippen molar-refractivity contribution in [1.82, 2.24) is 0 Å². The summed E-state index contributed by atoms with van der Waals surface area (Å²) in [4.78, 5) is 2.20. The Morgan fingerprint density at radius 2 is 2.21 bits per heavy atom. The molecule has 3 N–H and O–H groups in total. The van der Waals surface area contributed by atoms with Crippen LogP contribution in [0.2, 0.25) is 0 Å². The molecular weight excluding hydrogens is 176 g/mol. The standard InChI is InChI=1S/C11H18N2O/c1-2-13(8-4-7-12)10-5-3-6-11(14)9-10/h3,5-6,9,14H,2,4,7-8,12H2,1H3. The first-order valence-electron chi connectivity index (χ1n) is 5.02. The van der Waals surface area contributed by atoms with Crippen LogP contribution in [0.3, 0.4) is 0 Å². The molecule has 0 aliphatic heterocycles. The minimum atomic E-state index is 0.314. The van der Waals surface area contributed by atoms with E-state index in [4.69, 9.17) is 5.73 Å². The molecular formula is C11H18N2O. The van der Waals surface area contributed by atoms with Gasteiger partial charge in [0, 0.05) is 24.8 Å². The van der Waals surface area contributed by atoms with Crippen molar-refractivity contribution in [2.24, 2.45) is 5.73 Å². The number of hydrogen-bond donors (Lipinski definition) is 2. The molecule has 0 saturated heterocycles. The Balaban J connectivity index is 2.68. The smallest absolute Gasteiger partial charge is 0.117 e. The number of phenolic OH excluding ortho intramolecular Hbond substituents is 1. The summed E-state index contributed by atoms with van der Waals surface area (Å²) < 4.78 is 0. The van der Waals surface area contributed by atoms with Gasteiger partial charge in [-0.05, 0) is 32.0 Å². The SMILES string of the molecule is CCN(CCCN)c1cccc(O)c1. The molecule has 0 aromatic heterocycles. The molecule has 1 aromatic carbocycles. The molecule has 0 bridgehead atoms. The van der Waals surface area contributed by atoms with Crippen molar-refractivity contribution >= 4 is 5.69 Å². The predicted molar refractivity (Wildman–Crippen MR) is 59.7 cm³/mol. The number of benzene rings is 1. The second-order valence-corrected chi connectivity index (χ2v) is 3.24. The van der Waals surface area contributed by atoms with Crippen LogP contribution in [0.15, 0.2) is 24.3 Å². The lowest BCUT2D eigenvalue weighted by Gasteiger charge is -2.22. The van der Waals surface area contributed by atoms with Crippen molar-refractivity contribution in [3.8, 4) is 5.75 Å². The Morgan fingerprint density at radius 1 is 1.43 bits per heavy atom. The summed E-state index contributed by atoms with van der Waals surface area (Å²) in [5.41, 5.74) is 6.52. The number of rotatable bonds is 5. The number of aromatic hydroxyl groups is 1. The zero-order chi connectivity index (χ0) is 10.4. The zero-order valence-corrected chi connectivity index (χ0v) is 8.61. The van der Waals surface area contributed by atoms with Gasteiger partial charge in [0.05, 0.1) is 0 Å². The van der Waals surface area contributed by atoms with Crippen LogP contribution in [-0.2, 0) is 0 Å². The highest BCUT2D eigenvalue weighted by Gasteiger charge is 2.03. The van der Waals surface area contributed by atoms with Crippen LogP contribution in [0.5, 0.6) is 5.75 Å². The van der Waals surface area contributed by atoms with Crippen molar-refractivity contribution in [3.05, 3.63) is 24.3 Å². The van der Waals surface area contributed by atoms with Gasteiger partial charge in [0.2, 0.25) is 0 Å². The zero-order valence-electron chi connectivity index (χ0n) is 8.61. The van der Waals surface area contributed by atoms with E-state index >= 15 is 0 Å². The molecule has 0 heterocycles. The molecule has 1 rings (SSSR count). The molecule has 0 unspecified atom stereocenters. The van der Waals surface area contributed by atoms with Gasteiger partial charge < -0.3 is 15.7 Å². The minimum absolute atomic E-state index is 0.314. The van der Waals surface area contributed by atoms with Crippen LogP contribution in [0.25, 0.3) is 0 Å². The lowest BCUT2D eigenvalue weighted by atomic mass is 10.2. The second-order valence-electron chi connectivity index (χ2n) is 3.24. The summed E-state index contributed by atoms with van der Waals surface area (Å²) in [6.45, 7) is 4.68. The Hall–Kier alpha value is -1.22. The topological polar surface area (TPSA) is 49.5 Å². The molecule has 0 aliphatic rings. The summed E-state index contributed by atoms with van der Waals surface area (Å²) in [6.07, 6.45) is 0.976. The third-order valence-electron chi connectivity index (χ3n) is 2.21. The number of hydrogen-bond acceptors (Lipinski definition) is 3. The summed E-state index contributed by atoms with van der Waals surface area (Å²) >= 11 is 0. The van der Waals surface area contributed by atoms with E-state index in [1.807, 2.05) is 12.1 Å². The van der Waals surface area contributed by atoms with E-state index in [2.05, 4.69) is 11.8 Å². The number of nitrogens with zero attached hydrogens (tertiary/aromatic N) is 1. The lowest BCUT2D eigenvalue weighted by molar-refractivity contribution is 0.475. The van der Waals surface area contributed by atoms with Crippen molar-refractivity contribution < 1.29 is 5.11 Å². The normalized spacial score (nSPS) is 10.1. The van der Waals surface area contributed by atoms with Crippen LogP contribution < -0.4 is 10.6 Å². The van der Waals surface area contributed by atoms with Gasteiger partial charge in [0.1, 0.15) is 5.75 Å². The average Bonchev–Trinajstić information content (AvgIpc) is 2.19. The van der Waals surface area contributed by atoms with Gasteiger partial charge in [-0.15, -0.1) is 0 Å².